The Bertz CT molecular complexity index is 477. The van der Waals surface area contributed by atoms with E-state index in [2.05, 4.69) is 35.1 Å². The zero-order chi connectivity index (χ0) is 14.0. The molecule has 19 heavy (non-hydrogen) atoms. The fraction of sp³-hybridized carbons (Fsp3) is 0.533. The Hall–Kier alpha value is -0.540. The van der Waals surface area contributed by atoms with Gasteiger partial charge in [0.15, 0.2) is 0 Å². The van der Waals surface area contributed by atoms with Gasteiger partial charge in [0.1, 0.15) is 0 Å². The average Bonchev–Trinajstić information content (AvgIpc) is 2.38. The van der Waals surface area contributed by atoms with E-state index >= 15 is 0 Å². The predicted molar refractivity (Wildman–Crippen MR) is 82.6 cm³/mol. The number of rotatable bonds is 2. The van der Waals surface area contributed by atoms with Gasteiger partial charge in [-0.05, 0) is 52.4 Å². The van der Waals surface area contributed by atoms with Gasteiger partial charge in [-0.15, -0.1) is 0 Å². The first kappa shape index (κ1) is 14.9. The molecule has 1 aliphatic carbocycles. The maximum atomic E-state index is 12.2. The third kappa shape index (κ3) is 3.51. The number of amides is 1. The van der Waals surface area contributed by atoms with Crippen LogP contribution in [0.3, 0.4) is 0 Å². The fourth-order valence-corrected chi connectivity index (χ4v) is 3.10. The molecule has 0 spiro atoms. The van der Waals surface area contributed by atoms with Crippen LogP contribution in [0.2, 0.25) is 5.02 Å². The van der Waals surface area contributed by atoms with Crippen LogP contribution in [0.1, 0.15) is 43.5 Å². The summed E-state index contributed by atoms with van der Waals surface area (Å²) < 4.78 is 0.811. The van der Waals surface area contributed by atoms with Crippen LogP contribution in [0, 0.1) is 11.8 Å². The Balaban J connectivity index is 2.06. The van der Waals surface area contributed by atoms with Crippen molar-refractivity contribution in [2.24, 2.45) is 11.8 Å². The molecule has 104 valence electrons. The number of carbonyl (C=O) groups is 1. The summed E-state index contributed by atoms with van der Waals surface area (Å²) >= 11 is 9.36. The Morgan fingerprint density at radius 1 is 1.37 bits per heavy atom. The van der Waals surface area contributed by atoms with Crippen LogP contribution in [0.15, 0.2) is 22.7 Å². The minimum atomic E-state index is -0.0275. The molecule has 0 saturated heterocycles. The molecule has 0 aromatic heterocycles. The summed E-state index contributed by atoms with van der Waals surface area (Å²) in [7, 11) is 0. The average molecular weight is 345 g/mol. The number of halogens is 2. The molecule has 0 heterocycles. The minimum Gasteiger partial charge on any atom is -0.349 e. The van der Waals surface area contributed by atoms with Crippen LogP contribution in [-0.2, 0) is 0 Å². The number of hydrogen-bond acceptors (Lipinski definition) is 1. The normalized spacial score (nSPS) is 27.1. The van der Waals surface area contributed by atoms with Gasteiger partial charge in [-0.2, -0.15) is 0 Å². The summed E-state index contributed by atoms with van der Waals surface area (Å²) in [5.41, 5.74) is 0.624. The van der Waals surface area contributed by atoms with E-state index < -0.39 is 0 Å². The van der Waals surface area contributed by atoms with Crippen molar-refractivity contribution in [1.82, 2.24) is 5.32 Å². The van der Waals surface area contributed by atoms with Gasteiger partial charge in [0, 0.05) is 16.1 Å². The summed E-state index contributed by atoms with van der Waals surface area (Å²) in [5, 5.41) is 3.72. The summed E-state index contributed by atoms with van der Waals surface area (Å²) in [5.74, 6) is 1.18. The quantitative estimate of drug-likeness (QED) is 0.831. The lowest BCUT2D eigenvalue weighted by atomic mass is 9.78. The summed E-state index contributed by atoms with van der Waals surface area (Å²) in [6.45, 7) is 4.49. The van der Waals surface area contributed by atoms with Crippen molar-refractivity contribution in [3.8, 4) is 0 Å². The maximum Gasteiger partial charge on any atom is 0.251 e. The molecule has 1 N–H and O–H groups in total. The summed E-state index contributed by atoms with van der Waals surface area (Å²) in [6, 6.07) is 5.59. The lowest BCUT2D eigenvalue weighted by Crippen LogP contribution is -2.43. The molecule has 1 amide bonds. The van der Waals surface area contributed by atoms with Gasteiger partial charge < -0.3 is 5.32 Å². The Morgan fingerprint density at radius 3 is 2.79 bits per heavy atom. The first-order valence-electron chi connectivity index (χ1n) is 6.75. The monoisotopic (exact) mass is 343 g/mol. The van der Waals surface area contributed by atoms with Crippen molar-refractivity contribution < 1.29 is 4.79 Å². The third-order valence-corrected chi connectivity index (χ3v) is 5.44. The van der Waals surface area contributed by atoms with Crippen molar-refractivity contribution in [3.63, 3.8) is 0 Å². The highest BCUT2D eigenvalue weighted by atomic mass is 79.9. The summed E-state index contributed by atoms with van der Waals surface area (Å²) in [6.07, 6.45) is 3.52. The second-order valence-electron chi connectivity index (χ2n) is 5.48. The molecular weight excluding hydrogens is 326 g/mol. The molecule has 1 aromatic rings. The van der Waals surface area contributed by atoms with Gasteiger partial charge in [0.05, 0.1) is 5.02 Å². The number of hydrogen-bond donors (Lipinski definition) is 1. The molecule has 3 unspecified atom stereocenters. The van der Waals surface area contributed by atoms with Gasteiger partial charge in [-0.1, -0.05) is 38.3 Å². The molecular formula is C15H19BrClNO. The number of benzene rings is 1. The lowest BCUT2D eigenvalue weighted by Gasteiger charge is -2.34. The van der Waals surface area contributed by atoms with Crippen molar-refractivity contribution >= 4 is 33.4 Å². The number of carbonyl (C=O) groups excluding carboxylic acids is 1. The highest BCUT2D eigenvalue weighted by molar-refractivity contribution is 9.10. The zero-order valence-electron chi connectivity index (χ0n) is 11.2. The molecule has 1 saturated carbocycles. The molecule has 1 aliphatic rings. The Morgan fingerprint density at radius 2 is 2.11 bits per heavy atom. The van der Waals surface area contributed by atoms with E-state index in [1.165, 1.54) is 12.8 Å². The Labute approximate surface area is 128 Å². The summed E-state index contributed by atoms with van der Waals surface area (Å²) in [4.78, 5) is 12.2. The SMILES string of the molecule is CC1CCCC(NC(=O)c2ccc(Br)c(Cl)c2)C1C. The van der Waals surface area contributed by atoms with Crippen LogP contribution in [0.25, 0.3) is 0 Å². The number of nitrogens with one attached hydrogen (secondary N) is 1. The molecule has 2 rings (SSSR count). The lowest BCUT2D eigenvalue weighted by molar-refractivity contribution is 0.0891. The first-order valence-corrected chi connectivity index (χ1v) is 7.92. The zero-order valence-corrected chi connectivity index (χ0v) is 13.6. The van der Waals surface area contributed by atoms with Gasteiger partial charge in [-0.25, -0.2) is 0 Å². The van der Waals surface area contributed by atoms with E-state index in [4.69, 9.17) is 11.6 Å². The Kier molecular flexibility index (Phi) is 4.91. The molecule has 0 radical (unpaired) electrons. The van der Waals surface area contributed by atoms with Gasteiger partial charge >= 0.3 is 0 Å². The molecule has 3 atom stereocenters. The third-order valence-electron chi connectivity index (χ3n) is 4.21. The molecule has 2 nitrogen and oxygen atoms in total. The van der Waals surface area contributed by atoms with Gasteiger partial charge in [0.2, 0.25) is 0 Å². The maximum absolute atomic E-state index is 12.2. The molecule has 0 aliphatic heterocycles. The topological polar surface area (TPSA) is 29.1 Å². The van der Waals surface area contributed by atoms with Crippen LogP contribution < -0.4 is 5.32 Å². The molecule has 4 heteroatoms. The van der Waals surface area contributed by atoms with Crippen molar-refractivity contribution in [1.29, 1.82) is 0 Å². The van der Waals surface area contributed by atoms with Crippen molar-refractivity contribution in [2.45, 2.75) is 39.2 Å². The van der Waals surface area contributed by atoms with E-state index in [0.29, 0.717) is 22.4 Å². The second-order valence-corrected chi connectivity index (χ2v) is 6.74. The van der Waals surface area contributed by atoms with E-state index in [-0.39, 0.29) is 11.9 Å². The van der Waals surface area contributed by atoms with Gasteiger partial charge in [-0.3, -0.25) is 4.79 Å². The van der Waals surface area contributed by atoms with Crippen LogP contribution in [0.5, 0.6) is 0 Å². The predicted octanol–water partition coefficient (Wildman–Crippen LogP) is 4.66. The second kappa shape index (κ2) is 6.27. The van der Waals surface area contributed by atoms with E-state index in [1.54, 1.807) is 12.1 Å². The van der Waals surface area contributed by atoms with E-state index in [1.807, 2.05) is 6.07 Å². The van der Waals surface area contributed by atoms with E-state index in [9.17, 15) is 4.79 Å². The molecule has 1 aromatic carbocycles. The fourth-order valence-electron chi connectivity index (χ4n) is 2.67. The molecule has 0 bridgehead atoms. The minimum absolute atomic E-state index is 0.0275. The highest BCUT2D eigenvalue weighted by Crippen LogP contribution is 2.30. The van der Waals surface area contributed by atoms with Gasteiger partial charge in [0.25, 0.3) is 5.91 Å². The van der Waals surface area contributed by atoms with Crippen LogP contribution in [-0.4, -0.2) is 11.9 Å². The highest BCUT2D eigenvalue weighted by Gasteiger charge is 2.28. The van der Waals surface area contributed by atoms with Crippen molar-refractivity contribution in [3.05, 3.63) is 33.3 Å². The smallest absolute Gasteiger partial charge is 0.251 e. The van der Waals surface area contributed by atoms with E-state index in [0.717, 1.165) is 10.9 Å². The standard InChI is InChI=1S/C15H19BrClNO/c1-9-4-3-5-14(10(9)2)18-15(19)11-6-7-12(16)13(17)8-11/h6-10,14H,3-5H2,1-2H3,(H,18,19). The van der Waals surface area contributed by atoms with Crippen LogP contribution >= 0.6 is 27.5 Å². The van der Waals surface area contributed by atoms with Crippen LogP contribution in [0.4, 0.5) is 0 Å². The van der Waals surface area contributed by atoms with Crippen molar-refractivity contribution in [2.75, 3.05) is 0 Å². The largest absolute Gasteiger partial charge is 0.349 e. The molecule has 1 fully saturated rings. The first-order chi connectivity index (χ1) is 8.99.